The smallest absolute Gasteiger partial charge is 0.325 e. The van der Waals surface area contributed by atoms with E-state index in [9.17, 15) is 4.79 Å². The Balaban J connectivity index is 1.53. The van der Waals surface area contributed by atoms with E-state index in [0.717, 1.165) is 21.5 Å². The van der Waals surface area contributed by atoms with Gasteiger partial charge < -0.3 is 14.8 Å². The van der Waals surface area contributed by atoms with Crippen LogP contribution in [0.3, 0.4) is 0 Å². The fourth-order valence-electron chi connectivity index (χ4n) is 2.34. The molecule has 116 valence electrons. The predicted molar refractivity (Wildman–Crippen MR) is 89.6 cm³/mol. The van der Waals surface area contributed by atoms with Gasteiger partial charge in [-0.2, -0.15) is 0 Å². The van der Waals surface area contributed by atoms with E-state index in [2.05, 4.69) is 15.6 Å². The first kappa shape index (κ1) is 13.8. The standard InChI is InChI=1S/C16H13N3O3S/c1-9-4-2-3-5-10(9)17-15(20)19-16-18-11-6-12-13(22-8-21-12)7-14(11)23-16/h2-7H,8H2,1H3,(H2,17,18,19,20). The van der Waals surface area contributed by atoms with Crippen LogP contribution in [0.1, 0.15) is 5.56 Å². The summed E-state index contributed by atoms with van der Waals surface area (Å²) in [4.78, 5) is 16.5. The summed E-state index contributed by atoms with van der Waals surface area (Å²) in [5, 5.41) is 6.10. The quantitative estimate of drug-likeness (QED) is 0.747. The van der Waals surface area contributed by atoms with Gasteiger partial charge in [0.15, 0.2) is 16.6 Å². The molecular weight excluding hydrogens is 314 g/mol. The molecule has 1 aliphatic rings. The number of para-hydroxylation sites is 1. The van der Waals surface area contributed by atoms with Gasteiger partial charge in [0.1, 0.15) is 0 Å². The van der Waals surface area contributed by atoms with Crippen molar-refractivity contribution in [1.82, 2.24) is 4.98 Å². The second-order valence-corrected chi connectivity index (χ2v) is 6.12. The highest BCUT2D eigenvalue weighted by atomic mass is 32.1. The van der Waals surface area contributed by atoms with Gasteiger partial charge in [0.05, 0.1) is 10.2 Å². The molecule has 4 rings (SSSR count). The summed E-state index contributed by atoms with van der Waals surface area (Å²) in [7, 11) is 0. The first-order chi connectivity index (χ1) is 11.2. The van der Waals surface area contributed by atoms with Gasteiger partial charge in [0, 0.05) is 17.8 Å². The lowest BCUT2D eigenvalue weighted by molar-refractivity contribution is 0.174. The molecule has 7 heteroatoms. The maximum absolute atomic E-state index is 12.1. The summed E-state index contributed by atoms with van der Waals surface area (Å²) < 4.78 is 11.6. The summed E-state index contributed by atoms with van der Waals surface area (Å²) >= 11 is 1.39. The minimum atomic E-state index is -0.321. The third-order valence-electron chi connectivity index (χ3n) is 3.50. The monoisotopic (exact) mass is 327 g/mol. The highest BCUT2D eigenvalue weighted by Gasteiger charge is 2.17. The fraction of sp³-hybridized carbons (Fsp3) is 0.125. The van der Waals surface area contributed by atoms with Crippen LogP contribution in [0.2, 0.25) is 0 Å². The van der Waals surface area contributed by atoms with Gasteiger partial charge in [-0.15, -0.1) is 0 Å². The molecule has 2 aromatic carbocycles. The summed E-state index contributed by atoms with van der Waals surface area (Å²) in [6, 6.07) is 11.0. The largest absolute Gasteiger partial charge is 0.454 e. The van der Waals surface area contributed by atoms with Crippen molar-refractivity contribution in [2.45, 2.75) is 6.92 Å². The van der Waals surface area contributed by atoms with Crippen molar-refractivity contribution < 1.29 is 14.3 Å². The Morgan fingerprint density at radius 2 is 1.96 bits per heavy atom. The number of ether oxygens (including phenoxy) is 2. The molecule has 2 N–H and O–H groups in total. The average molecular weight is 327 g/mol. The van der Waals surface area contributed by atoms with E-state index in [4.69, 9.17) is 9.47 Å². The number of aromatic nitrogens is 1. The Morgan fingerprint density at radius 1 is 1.17 bits per heavy atom. The van der Waals surface area contributed by atoms with Gasteiger partial charge in [-0.3, -0.25) is 5.32 Å². The lowest BCUT2D eigenvalue weighted by Gasteiger charge is -2.07. The SMILES string of the molecule is Cc1ccccc1NC(=O)Nc1nc2cc3c(cc2s1)OCO3. The summed E-state index contributed by atoms with van der Waals surface area (Å²) in [5.41, 5.74) is 2.54. The first-order valence-electron chi connectivity index (χ1n) is 7.03. The van der Waals surface area contributed by atoms with Crippen LogP contribution < -0.4 is 20.1 Å². The summed E-state index contributed by atoms with van der Waals surface area (Å²) in [5.74, 6) is 1.38. The normalized spacial score (nSPS) is 12.4. The van der Waals surface area contributed by atoms with Gasteiger partial charge in [-0.1, -0.05) is 29.5 Å². The van der Waals surface area contributed by atoms with Crippen molar-refractivity contribution in [2.75, 3.05) is 17.4 Å². The van der Waals surface area contributed by atoms with Crippen molar-refractivity contribution in [3.63, 3.8) is 0 Å². The zero-order chi connectivity index (χ0) is 15.8. The molecule has 0 atom stereocenters. The van der Waals surface area contributed by atoms with Crippen LogP contribution in [-0.4, -0.2) is 17.8 Å². The van der Waals surface area contributed by atoms with E-state index < -0.39 is 0 Å². The lowest BCUT2D eigenvalue weighted by Crippen LogP contribution is -2.19. The van der Waals surface area contributed by atoms with Crippen molar-refractivity contribution in [3.8, 4) is 11.5 Å². The number of benzene rings is 2. The number of nitrogens with one attached hydrogen (secondary N) is 2. The number of aryl methyl sites for hydroxylation is 1. The average Bonchev–Trinajstić information content (AvgIpc) is 3.12. The third kappa shape index (κ3) is 2.66. The van der Waals surface area contributed by atoms with E-state index in [-0.39, 0.29) is 12.8 Å². The number of nitrogens with zero attached hydrogens (tertiary/aromatic N) is 1. The molecule has 6 nitrogen and oxygen atoms in total. The van der Waals surface area contributed by atoms with Gasteiger partial charge in [0.25, 0.3) is 0 Å². The van der Waals surface area contributed by atoms with Crippen LogP contribution in [0.15, 0.2) is 36.4 Å². The zero-order valence-corrected chi connectivity index (χ0v) is 13.1. The highest BCUT2D eigenvalue weighted by Crippen LogP contribution is 2.38. The molecule has 3 aromatic rings. The van der Waals surface area contributed by atoms with Crippen molar-refractivity contribution in [2.24, 2.45) is 0 Å². The number of fused-ring (bicyclic) bond motifs is 2. The summed E-state index contributed by atoms with van der Waals surface area (Å²) in [6.45, 7) is 2.17. The molecule has 0 spiro atoms. The number of carbonyl (C=O) groups is 1. The molecule has 2 amide bonds. The van der Waals surface area contributed by atoms with Crippen LogP contribution in [0.5, 0.6) is 11.5 Å². The Kier molecular flexibility index (Phi) is 3.27. The number of thiazole rings is 1. The zero-order valence-electron chi connectivity index (χ0n) is 12.3. The molecule has 0 saturated heterocycles. The van der Waals surface area contributed by atoms with Crippen molar-refractivity contribution in [3.05, 3.63) is 42.0 Å². The van der Waals surface area contributed by atoms with Crippen LogP contribution in [0, 0.1) is 6.92 Å². The predicted octanol–water partition coefficient (Wildman–Crippen LogP) is 3.98. The van der Waals surface area contributed by atoms with E-state index >= 15 is 0 Å². The first-order valence-corrected chi connectivity index (χ1v) is 7.84. The number of urea groups is 1. The lowest BCUT2D eigenvalue weighted by atomic mass is 10.2. The van der Waals surface area contributed by atoms with Crippen molar-refractivity contribution >= 4 is 38.4 Å². The Bertz CT molecular complexity index is 866. The molecule has 23 heavy (non-hydrogen) atoms. The van der Waals surface area contributed by atoms with Gasteiger partial charge in [-0.25, -0.2) is 9.78 Å². The maximum atomic E-state index is 12.1. The molecule has 0 fully saturated rings. The minimum Gasteiger partial charge on any atom is -0.454 e. The van der Waals surface area contributed by atoms with E-state index in [1.807, 2.05) is 43.3 Å². The highest BCUT2D eigenvalue weighted by molar-refractivity contribution is 7.22. The van der Waals surface area contributed by atoms with Crippen LogP contribution >= 0.6 is 11.3 Å². The third-order valence-corrected chi connectivity index (χ3v) is 4.43. The second kappa shape index (κ2) is 5.44. The fourth-order valence-corrected chi connectivity index (χ4v) is 3.21. The molecule has 0 unspecified atom stereocenters. The topological polar surface area (TPSA) is 72.5 Å². The molecule has 0 radical (unpaired) electrons. The molecular formula is C16H13N3O3S. The number of carbonyl (C=O) groups excluding carboxylic acids is 1. The van der Waals surface area contributed by atoms with Gasteiger partial charge in [0.2, 0.25) is 6.79 Å². The van der Waals surface area contributed by atoms with E-state index in [0.29, 0.717) is 16.6 Å². The van der Waals surface area contributed by atoms with Crippen LogP contribution in [-0.2, 0) is 0 Å². The maximum Gasteiger partial charge on any atom is 0.325 e. The number of hydrogen-bond donors (Lipinski definition) is 2. The van der Waals surface area contributed by atoms with E-state index in [1.165, 1.54) is 11.3 Å². The number of hydrogen-bond acceptors (Lipinski definition) is 5. The van der Waals surface area contributed by atoms with Gasteiger partial charge >= 0.3 is 6.03 Å². The Morgan fingerprint density at radius 3 is 2.78 bits per heavy atom. The number of anilines is 2. The number of amides is 2. The van der Waals surface area contributed by atoms with Crippen LogP contribution in [0.25, 0.3) is 10.2 Å². The molecule has 2 heterocycles. The number of rotatable bonds is 2. The minimum absolute atomic E-state index is 0.233. The Labute approximate surface area is 136 Å². The van der Waals surface area contributed by atoms with Gasteiger partial charge in [-0.05, 0) is 18.6 Å². The Hall–Kier alpha value is -2.80. The van der Waals surface area contributed by atoms with Crippen LogP contribution in [0.4, 0.5) is 15.6 Å². The van der Waals surface area contributed by atoms with Crippen molar-refractivity contribution in [1.29, 1.82) is 0 Å². The molecule has 0 bridgehead atoms. The molecule has 1 aliphatic heterocycles. The molecule has 1 aromatic heterocycles. The molecule has 0 saturated carbocycles. The van der Waals surface area contributed by atoms with E-state index in [1.54, 1.807) is 0 Å². The molecule has 0 aliphatic carbocycles. The summed E-state index contributed by atoms with van der Waals surface area (Å²) in [6.07, 6.45) is 0. The second-order valence-electron chi connectivity index (χ2n) is 5.09.